The molecule has 0 aliphatic carbocycles. The maximum Gasteiger partial charge on any atom is 0.126 e. The number of hydrogen-bond acceptors (Lipinski definition) is 4. The zero-order valence-corrected chi connectivity index (χ0v) is 13.0. The van der Waals surface area contributed by atoms with Crippen LogP contribution >= 0.6 is 11.3 Å². The third-order valence-corrected chi connectivity index (χ3v) is 4.19. The van der Waals surface area contributed by atoms with Gasteiger partial charge in [-0.1, -0.05) is 12.1 Å². The number of nitrogens with zero attached hydrogens (tertiary/aromatic N) is 1. The third kappa shape index (κ3) is 3.14. The molecule has 3 nitrogen and oxygen atoms in total. The molecule has 1 aromatic carbocycles. The number of hydrogen-bond donors (Lipinski definition) is 1. The number of aliphatic hydroxyl groups excluding tert-OH is 1. The fraction of sp³-hybridized carbons (Fsp3) is 0.375. The predicted molar refractivity (Wildman–Crippen MR) is 84.7 cm³/mol. The Morgan fingerprint density at radius 1 is 1.30 bits per heavy atom. The number of aliphatic hydroxyl groups is 1. The minimum absolute atomic E-state index is 0.557. The van der Waals surface area contributed by atoms with E-state index in [9.17, 15) is 5.11 Å². The number of ether oxygens (including phenoxy) is 1. The number of thiophene rings is 1. The molecule has 20 heavy (non-hydrogen) atoms. The van der Waals surface area contributed by atoms with Crippen LogP contribution in [0.2, 0.25) is 0 Å². The van der Waals surface area contributed by atoms with Gasteiger partial charge in [0.1, 0.15) is 5.75 Å². The smallest absolute Gasteiger partial charge is 0.126 e. The molecule has 1 aromatic heterocycles. The summed E-state index contributed by atoms with van der Waals surface area (Å²) >= 11 is 1.75. The molecular weight excluding hydrogens is 270 g/mol. The van der Waals surface area contributed by atoms with E-state index < -0.39 is 6.10 Å². The molecule has 1 N–H and O–H groups in total. The average molecular weight is 291 g/mol. The Kier molecular flexibility index (Phi) is 5.04. The van der Waals surface area contributed by atoms with Gasteiger partial charge in [0.15, 0.2) is 0 Å². The fourth-order valence-corrected chi connectivity index (χ4v) is 3.08. The lowest BCUT2D eigenvalue weighted by Gasteiger charge is -2.27. The van der Waals surface area contributed by atoms with Crippen molar-refractivity contribution in [3.8, 4) is 5.75 Å². The highest BCUT2D eigenvalue weighted by molar-refractivity contribution is 7.09. The first-order chi connectivity index (χ1) is 9.67. The van der Waals surface area contributed by atoms with Crippen LogP contribution in [0.25, 0.3) is 0 Å². The molecule has 4 heteroatoms. The molecule has 108 valence electrons. The summed E-state index contributed by atoms with van der Waals surface area (Å²) in [5, 5.41) is 12.2. The Bertz CT molecular complexity index is 537. The Hall–Kier alpha value is -1.52. The van der Waals surface area contributed by atoms with Crippen LogP contribution in [-0.2, 0) is 6.54 Å². The van der Waals surface area contributed by atoms with E-state index >= 15 is 0 Å². The Labute approximate surface area is 124 Å². The molecule has 0 saturated heterocycles. The first-order valence-electron chi connectivity index (χ1n) is 6.79. The van der Waals surface area contributed by atoms with Crippen LogP contribution in [0.5, 0.6) is 5.75 Å². The van der Waals surface area contributed by atoms with Gasteiger partial charge in [0.2, 0.25) is 0 Å². The van der Waals surface area contributed by atoms with Crippen molar-refractivity contribution in [1.29, 1.82) is 0 Å². The van der Waals surface area contributed by atoms with Crippen molar-refractivity contribution in [3.63, 3.8) is 0 Å². The summed E-state index contributed by atoms with van der Waals surface area (Å²) in [7, 11) is 1.64. The lowest BCUT2D eigenvalue weighted by atomic mass is 10.1. The highest BCUT2D eigenvalue weighted by Gasteiger charge is 2.18. The first kappa shape index (κ1) is 14.9. The molecule has 0 amide bonds. The van der Waals surface area contributed by atoms with Crippen LogP contribution in [-0.4, -0.2) is 18.8 Å². The molecule has 0 fully saturated rings. The van der Waals surface area contributed by atoms with Gasteiger partial charge in [-0.25, -0.2) is 0 Å². The zero-order valence-electron chi connectivity index (χ0n) is 12.2. The molecule has 0 bridgehead atoms. The molecule has 0 saturated carbocycles. The van der Waals surface area contributed by atoms with Crippen LogP contribution in [0.15, 0.2) is 35.7 Å². The van der Waals surface area contributed by atoms with Crippen LogP contribution in [0.1, 0.15) is 30.4 Å². The molecule has 0 aliphatic heterocycles. The van der Waals surface area contributed by atoms with Crippen LogP contribution in [0.3, 0.4) is 0 Å². The SMILES string of the molecule is CCN(Cc1cccs1)c1cccc(OC)c1C(C)O. The molecular formula is C16H21NO2S. The van der Waals surface area contributed by atoms with Gasteiger partial charge in [0, 0.05) is 22.7 Å². The summed E-state index contributed by atoms with van der Waals surface area (Å²) < 4.78 is 5.39. The minimum Gasteiger partial charge on any atom is -0.496 e. The lowest BCUT2D eigenvalue weighted by Crippen LogP contribution is -2.23. The van der Waals surface area contributed by atoms with Crippen LogP contribution in [0.4, 0.5) is 5.69 Å². The van der Waals surface area contributed by atoms with E-state index in [1.54, 1.807) is 25.4 Å². The van der Waals surface area contributed by atoms with E-state index in [1.165, 1.54) is 4.88 Å². The van der Waals surface area contributed by atoms with E-state index in [1.807, 2.05) is 18.2 Å². The highest BCUT2D eigenvalue weighted by Crippen LogP contribution is 2.35. The molecule has 1 unspecified atom stereocenters. The van der Waals surface area contributed by atoms with Crippen molar-refractivity contribution in [1.82, 2.24) is 0 Å². The molecule has 0 aliphatic rings. The van der Waals surface area contributed by atoms with Gasteiger partial charge in [-0.05, 0) is 37.4 Å². The zero-order chi connectivity index (χ0) is 14.5. The molecule has 1 heterocycles. The monoisotopic (exact) mass is 291 g/mol. The second-order valence-corrected chi connectivity index (χ2v) is 5.69. The van der Waals surface area contributed by atoms with Gasteiger partial charge < -0.3 is 14.7 Å². The number of anilines is 1. The topological polar surface area (TPSA) is 32.7 Å². The quantitative estimate of drug-likeness (QED) is 0.878. The van der Waals surface area contributed by atoms with Crippen molar-refractivity contribution < 1.29 is 9.84 Å². The maximum absolute atomic E-state index is 10.1. The summed E-state index contributed by atoms with van der Waals surface area (Å²) in [5.41, 5.74) is 1.89. The summed E-state index contributed by atoms with van der Waals surface area (Å²) in [6.07, 6.45) is -0.557. The van der Waals surface area contributed by atoms with Gasteiger partial charge in [0.05, 0.1) is 19.8 Å². The van der Waals surface area contributed by atoms with Crippen molar-refractivity contribution in [3.05, 3.63) is 46.2 Å². The van der Waals surface area contributed by atoms with Gasteiger partial charge in [-0.15, -0.1) is 11.3 Å². The van der Waals surface area contributed by atoms with E-state index in [0.29, 0.717) is 0 Å². The average Bonchev–Trinajstić information content (AvgIpc) is 2.96. The Morgan fingerprint density at radius 3 is 2.65 bits per heavy atom. The van der Waals surface area contributed by atoms with Gasteiger partial charge in [-0.2, -0.15) is 0 Å². The number of rotatable bonds is 6. The summed E-state index contributed by atoms with van der Waals surface area (Å²) in [4.78, 5) is 3.57. The second-order valence-electron chi connectivity index (χ2n) is 4.66. The van der Waals surface area contributed by atoms with Crippen LogP contribution in [0, 0.1) is 0 Å². The maximum atomic E-state index is 10.1. The predicted octanol–water partition coefficient (Wildman–Crippen LogP) is 3.84. The summed E-state index contributed by atoms with van der Waals surface area (Å²) in [6.45, 7) is 5.63. The standard InChI is InChI=1S/C16H21NO2S/c1-4-17(11-13-7-6-10-20-13)14-8-5-9-15(19-3)16(14)12(2)18/h5-10,12,18H,4,11H2,1-3H3. The highest BCUT2D eigenvalue weighted by atomic mass is 32.1. The molecule has 1 atom stereocenters. The van der Waals surface area contributed by atoms with Crippen molar-refractivity contribution in [2.45, 2.75) is 26.5 Å². The minimum atomic E-state index is -0.557. The number of methoxy groups -OCH3 is 1. The molecule has 0 radical (unpaired) electrons. The van der Waals surface area contributed by atoms with Crippen molar-refractivity contribution >= 4 is 17.0 Å². The van der Waals surface area contributed by atoms with E-state index in [0.717, 1.165) is 30.1 Å². The normalized spacial score (nSPS) is 12.2. The largest absolute Gasteiger partial charge is 0.496 e. The van der Waals surface area contributed by atoms with Crippen molar-refractivity contribution in [2.75, 3.05) is 18.6 Å². The molecule has 2 aromatic rings. The Morgan fingerprint density at radius 2 is 2.10 bits per heavy atom. The van der Waals surface area contributed by atoms with Gasteiger partial charge in [0.25, 0.3) is 0 Å². The fourth-order valence-electron chi connectivity index (χ4n) is 2.36. The van der Waals surface area contributed by atoms with Gasteiger partial charge in [-0.3, -0.25) is 0 Å². The number of benzene rings is 1. The van der Waals surface area contributed by atoms with Crippen molar-refractivity contribution in [2.24, 2.45) is 0 Å². The van der Waals surface area contributed by atoms with E-state index in [-0.39, 0.29) is 0 Å². The Balaban J connectivity index is 2.38. The van der Waals surface area contributed by atoms with Gasteiger partial charge >= 0.3 is 0 Å². The van der Waals surface area contributed by atoms with Crippen LogP contribution < -0.4 is 9.64 Å². The van der Waals surface area contributed by atoms with E-state index in [2.05, 4.69) is 29.3 Å². The summed E-state index contributed by atoms with van der Waals surface area (Å²) in [6, 6.07) is 10.1. The van der Waals surface area contributed by atoms with E-state index in [4.69, 9.17) is 4.74 Å². The lowest BCUT2D eigenvalue weighted by molar-refractivity contribution is 0.194. The first-order valence-corrected chi connectivity index (χ1v) is 7.67. The molecule has 2 rings (SSSR count). The molecule has 0 spiro atoms. The second kappa shape index (κ2) is 6.77. The third-order valence-electron chi connectivity index (χ3n) is 3.33. The summed E-state index contributed by atoms with van der Waals surface area (Å²) in [5.74, 6) is 0.738.